The summed E-state index contributed by atoms with van der Waals surface area (Å²) in [5, 5.41) is 6.89. The third kappa shape index (κ3) is 5.34. The van der Waals surface area contributed by atoms with Crippen molar-refractivity contribution in [2.45, 2.75) is 50.5 Å². The monoisotopic (exact) mass is 474 g/mol. The van der Waals surface area contributed by atoms with Gasteiger partial charge < -0.3 is 4.90 Å². The summed E-state index contributed by atoms with van der Waals surface area (Å²) in [6, 6.07) is 5.48. The first-order valence-corrected chi connectivity index (χ1v) is 10.8. The number of alkyl halides is 6. The first-order valence-electron chi connectivity index (χ1n) is 10.8. The average molecular weight is 474 g/mol. The minimum Gasteiger partial charge on any atom is -0.337 e. The molecule has 0 saturated carbocycles. The predicted octanol–water partition coefficient (Wildman–Crippen LogP) is 4.76. The number of likely N-dealkylation sites (tertiary alicyclic amines) is 1. The number of H-pyrrole nitrogens is 1. The van der Waals surface area contributed by atoms with Gasteiger partial charge in [-0.1, -0.05) is 18.2 Å². The Bertz CT molecular complexity index is 992. The molecule has 0 unspecified atom stereocenters. The number of carbonyl (C=O) groups is 1. The van der Waals surface area contributed by atoms with Crippen molar-refractivity contribution in [1.82, 2.24) is 20.0 Å². The molecule has 0 radical (unpaired) electrons. The van der Waals surface area contributed by atoms with Crippen molar-refractivity contribution < 1.29 is 31.1 Å². The summed E-state index contributed by atoms with van der Waals surface area (Å²) in [6.45, 7) is -0.316. The molecule has 11 heteroatoms. The quantitative estimate of drug-likeness (QED) is 0.653. The fraction of sp³-hybridized carbons (Fsp3) is 0.545. The number of rotatable bonds is 3. The Hall–Kier alpha value is -2.56. The van der Waals surface area contributed by atoms with E-state index in [9.17, 15) is 31.1 Å². The van der Waals surface area contributed by atoms with Crippen LogP contribution in [0.25, 0.3) is 0 Å². The van der Waals surface area contributed by atoms with E-state index in [0.717, 1.165) is 6.07 Å². The summed E-state index contributed by atoms with van der Waals surface area (Å²) in [7, 11) is 0. The normalized spacial score (nSPS) is 18.8. The molecule has 1 aromatic heterocycles. The van der Waals surface area contributed by atoms with Crippen LogP contribution in [0, 0.1) is 0 Å². The number of nitrogens with zero attached hydrogens (tertiary/aromatic N) is 3. The Morgan fingerprint density at radius 3 is 2.42 bits per heavy atom. The number of benzene rings is 1. The zero-order chi connectivity index (χ0) is 23.8. The van der Waals surface area contributed by atoms with Crippen molar-refractivity contribution in [2.24, 2.45) is 0 Å². The number of halogens is 6. The van der Waals surface area contributed by atoms with Gasteiger partial charge >= 0.3 is 12.4 Å². The van der Waals surface area contributed by atoms with E-state index in [1.54, 1.807) is 6.07 Å². The van der Waals surface area contributed by atoms with E-state index in [0.29, 0.717) is 36.9 Å². The molecule has 1 aromatic carbocycles. The van der Waals surface area contributed by atoms with Crippen molar-refractivity contribution in [3.63, 3.8) is 0 Å². The van der Waals surface area contributed by atoms with Crippen molar-refractivity contribution in [1.29, 1.82) is 0 Å². The second-order valence-electron chi connectivity index (χ2n) is 8.61. The minimum atomic E-state index is -4.45. The third-order valence-electron chi connectivity index (χ3n) is 6.33. The van der Waals surface area contributed by atoms with Gasteiger partial charge in [0.25, 0.3) is 5.91 Å². The molecule has 0 spiro atoms. The molecular formula is C22H24F6N4O. The molecule has 33 heavy (non-hydrogen) atoms. The summed E-state index contributed by atoms with van der Waals surface area (Å²) in [6.07, 6.45) is -7.04. The largest absolute Gasteiger partial charge is 0.416 e. The molecule has 1 fully saturated rings. The highest BCUT2D eigenvalue weighted by molar-refractivity contribution is 5.94. The van der Waals surface area contributed by atoms with Crippen molar-refractivity contribution in [2.75, 3.05) is 26.2 Å². The molecule has 5 nitrogen and oxygen atoms in total. The van der Waals surface area contributed by atoms with Gasteiger partial charge in [0.15, 0.2) is 5.69 Å². The molecule has 0 bridgehead atoms. The highest BCUT2D eigenvalue weighted by Crippen LogP contribution is 2.39. The van der Waals surface area contributed by atoms with E-state index in [1.807, 2.05) is 0 Å². The van der Waals surface area contributed by atoms with E-state index in [4.69, 9.17) is 0 Å². The van der Waals surface area contributed by atoms with Gasteiger partial charge in [-0.05, 0) is 49.8 Å². The first kappa shape index (κ1) is 23.6. The number of hydrogen-bond acceptors (Lipinski definition) is 3. The standard InChI is InChI=1S/C22H24F6N4O/c23-21(24,25)13-31-9-3-6-18-16(12-31)19(30-29-18)20(33)32-10-7-14(8-11-32)15-4-1-2-5-17(15)22(26,27)28/h1-2,4-5,14H,3,6-13H2,(H,29,30). The molecule has 4 rings (SSSR count). The number of aryl methyl sites for hydroxylation is 1. The molecule has 1 saturated heterocycles. The maximum absolute atomic E-state index is 13.4. The third-order valence-corrected chi connectivity index (χ3v) is 6.33. The number of carbonyl (C=O) groups excluding carboxylic acids is 1. The summed E-state index contributed by atoms with van der Waals surface area (Å²) in [5.41, 5.74) is 0.821. The molecule has 0 aliphatic carbocycles. The highest BCUT2D eigenvalue weighted by Gasteiger charge is 2.37. The van der Waals surface area contributed by atoms with Crippen LogP contribution in [0.5, 0.6) is 0 Å². The Morgan fingerprint density at radius 1 is 1.06 bits per heavy atom. The van der Waals surface area contributed by atoms with Crippen molar-refractivity contribution >= 4 is 5.91 Å². The molecule has 180 valence electrons. The van der Waals surface area contributed by atoms with Crippen LogP contribution in [-0.4, -0.2) is 58.3 Å². The Kier molecular flexibility index (Phi) is 6.43. The molecular weight excluding hydrogens is 450 g/mol. The van der Waals surface area contributed by atoms with Gasteiger partial charge in [0.1, 0.15) is 0 Å². The smallest absolute Gasteiger partial charge is 0.337 e. The molecule has 2 aromatic rings. The van der Waals surface area contributed by atoms with Gasteiger partial charge in [-0.2, -0.15) is 31.4 Å². The molecule has 3 heterocycles. The van der Waals surface area contributed by atoms with Crippen LogP contribution in [0.1, 0.15) is 58.1 Å². The Morgan fingerprint density at radius 2 is 1.76 bits per heavy atom. The van der Waals surface area contributed by atoms with Crippen molar-refractivity contribution in [3.8, 4) is 0 Å². The Balaban J connectivity index is 1.46. The van der Waals surface area contributed by atoms with Crippen molar-refractivity contribution in [3.05, 3.63) is 52.3 Å². The molecule has 0 atom stereocenters. The maximum atomic E-state index is 13.4. The number of aromatic nitrogens is 2. The fourth-order valence-corrected chi connectivity index (χ4v) is 4.78. The number of aromatic amines is 1. The van der Waals surface area contributed by atoms with Crippen LogP contribution < -0.4 is 0 Å². The summed E-state index contributed by atoms with van der Waals surface area (Å²) in [4.78, 5) is 15.9. The fourth-order valence-electron chi connectivity index (χ4n) is 4.78. The number of hydrogen-bond donors (Lipinski definition) is 1. The van der Waals surface area contributed by atoms with E-state index >= 15 is 0 Å². The second-order valence-corrected chi connectivity index (χ2v) is 8.61. The molecule has 2 aliphatic heterocycles. The zero-order valence-corrected chi connectivity index (χ0v) is 17.8. The van der Waals surface area contributed by atoms with Gasteiger partial charge in [-0.3, -0.25) is 14.8 Å². The van der Waals surface area contributed by atoms with E-state index < -0.39 is 30.4 Å². The van der Waals surface area contributed by atoms with Crippen LogP contribution >= 0.6 is 0 Å². The zero-order valence-electron chi connectivity index (χ0n) is 17.8. The first-order chi connectivity index (χ1) is 15.5. The lowest BCUT2D eigenvalue weighted by molar-refractivity contribution is -0.147. The van der Waals surface area contributed by atoms with Gasteiger partial charge in [0.05, 0.1) is 12.1 Å². The summed E-state index contributed by atoms with van der Waals surface area (Å²) < 4.78 is 78.8. The number of amides is 1. The van der Waals surface area contributed by atoms with E-state index in [-0.39, 0.29) is 43.4 Å². The number of nitrogens with one attached hydrogen (secondary N) is 1. The lowest BCUT2D eigenvalue weighted by Gasteiger charge is -2.33. The lowest BCUT2D eigenvalue weighted by Crippen LogP contribution is -2.39. The van der Waals surface area contributed by atoms with Gasteiger partial charge in [0, 0.05) is 30.9 Å². The average Bonchev–Trinajstić information content (AvgIpc) is 3.03. The SMILES string of the molecule is O=C(c1n[nH]c2c1CN(CC(F)(F)F)CCC2)N1CCC(c2ccccc2C(F)(F)F)CC1. The number of piperidine rings is 1. The second kappa shape index (κ2) is 9.00. The summed E-state index contributed by atoms with van der Waals surface area (Å²) >= 11 is 0. The molecule has 1 amide bonds. The number of fused-ring (bicyclic) bond motifs is 1. The van der Waals surface area contributed by atoms with E-state index in [1.165, 1.54) is 21.9 Å². The maximum Gasteiger partial charge on any atom is 0.416 e. The van der Waals surface area contributed by atoms with Crippen LogP contribution in [0.15, 0.2) is 24.3 Å². The molecule has 2 aliphatic rings. The van der Waals surface area contributed by atoms with Crippen LogP contribution in [-0.2, 0) is 19.1 Å². The summed E-state index contributed by atoms with van der Waals surface area (Å²) in [5.74, 6) is -0.727. The van der Waals surface area contributed by atoms with Gasteiger partial charge in [0.2, 0.25) is 0 Å². The predicted molar refractivity (Wildman–Crippen MR) is 108 cm³/mol. The van der Waals surface area contributed by atoms with E-state index in [2.05, 4.69) is 10.2 Å². The van der Waals surface area contributed by atoms with Crippen LogP contribution in [0.4, 0.5) is 26.3 Å². The van der Waals surface area contributed by atoms with Crippen LogP contribution in [0.3, 0.4) is 0 Å². The minimum absolute atomic E-state index is 0.0260. The lowest BCUT2D eigenvalue weighted by atomic mass is 9.86. The van der Waals surface area contributed by atoms with Gasteiger partial charge in [-0.15, -0.1) is 0 Å². The Labute approximate surface area is 186 Å². The van der Waals surface area contributed by atoms with Crippen LogP contribution in [0.2, 0.25) is 0 Å². The highest BCUT2D eigenvalue weighted by atomic mass is 19.4. The topological polar surface area (TPSA) is 52.2 Å². The molecule has 1 N–H and O–H groups in total. The van der Waals surface area contributed by atoms with Gasteiger partial charge in [-0.25, -0.2) is 0 Å².